The van der Waals surface area contributed by atoms with E-state index in [1.165, 1.54) is 0 Å². The van der Waals surface area contributed by atoms with Gasteiger partial charge in [0.25, 0.3) is 0 Å². The second-order valence-electron chi connectivity index (χ2n) is 12.4. The minimum Gasteiger partial charge on any atom is -0.265 e. The molecule has 9 rings (SSSR count). The monoisotopic (exact) mass is 666 g/mol. The summed E-state index contributed by atoms with van der Waals surface area (Å²) >= 11 is 0. The first-order valence-corrected chi connectivity index (χ1v) is 17.1. The number of hydrogen-bond acceptors (Lipinski definition) is 6. The number of benzene rings is 6. The Bertz CT molecular complexity index is 2650. The molecule has 6 heteroatoms. The third kappa shape index (κ3) is 6.21. The fraction of sp³-hybridized carbons (Fsp3) is 0. The van der Waals surface area contributed by atoms with E-state index in [1.54, 1.807) is 12.4 Å². The van der Waals surface area contributed by atoms with Gasteiger partial charge >= 0.3 is 0 Å². The molecule has 9 aromatic rings. The molecule has 0 radical (unpaired) electrons. The molecule has 0 fully saturated rings. The Balaban J connectivity index is 1.12. The molecule has 0 saturated heterocycles. The van der Waals surface area contributed by atoms with E-state index in [2.05, 4.69) is 89.9 Å². The fourth-order valence-electron chi connectivity index (χ4n) is 6.37. The topological polar surface area (TPSA) is 77.3 Å². The molecule has 6 aromatic carbocycles. The van der Waals surface area contributed by atoms with Crippen LogP contribution in [0.5, 0.6) is 0 Å². The molecular formula is C46H30N6. The highest BCUT2D eigenvalue weighted by Crippen LogP contribution is 2.34. The van der Waals surface area contributed by atoms with Gasteiger partial charge in [0.15, 0.2) is 17.5 Å². The Hall–Kier alpha value is -7.18. The molecule has 0 aliphatic rings. The van der Waals surface area contributed by atoms with Gasteiger partial charge in [0.1, 0.15) is 0 Å². The van der Waals surface area contributed by atoms with Gasteiger partial charge in [0, 0.05) is 40.2 Å². The van der Waals surface area contributed by atoms with Crippen molar-refractivity contribution in [2.75, 3.05) is 0 Å². The van der Waals surface area contributed by atoms with Gasteiger partial charge in [-0.1, -0.05) is 140 Å². The van der Waals surface area contributed by atoms with Gasteiger partial charge in [-0.2, -0.15) is 0 Å². The Morgan fingerprint density at radius 1 is 0.250 bits per heavy atom. The van der Waals surface area contributed by atoms with Crippen molar-refractivity contribution in [2.24, 2.45) is 0 Å². The molecule has 0 saturated carbocycles. The second-order valence-corrected chi connectivity index (χ2v) is 12.4. The minimum atomic E-state index is 0.603. The summed E-state index contributed by atoms with van der Waals surface area (Å²) in [6, 6.07) is 57.5. The number of hydrogen-bond donors (Lipinski definition) is 0. The van der Waals surface area contributed by atoms with Crippen LogP contribution in [0.3, 0.4) is 0 Å². The first kappa shape index (κ1) is 30.8. The predicted octanol–water partition coefficient (Wildman–Crippen LogP) is 10.9. The molecule has 0 aliphatic carbocycles. The quantitative estimate of drug-likeness (QED) is 0.168. The highest BCUT2D eigenvalue weighted by atomic mass is 15.0. The summed E-state index contributed by atoms with van der Waals surface area (Å²) < 4.78 is 0. The van der Waals surface area contributed by atoms with Crippen LogP contribution in [0.2, 0.25) is 0 Å². The molecule has 0 atom stereocenters. The summed E-state index contributed by atoms with van der Waals surface area (Å²) in [7, 11) is 0. The molecule has 0 N–H and O–H groups in total. The lowest BCUT2D eigenvalue weighted by Gasteiger charge is -2.12. The van der Waals surface area contributed by atoms with E-state index in [9.17, 15) is 0 Å². The Morgan fingerprint density at radius 2 is 0.673 bits per heavy atom. The van der Waals surface area contributed by atoms with Gasteiger partial charge in [-0.15, -0.1) is 0 Å². The third-order valence-corrected chi connectivity index (χ3v) is 9.04. The normalized spacial score (nSPS) is 11.1. The van der Waals surface area contributed by atoms with Gasteiger partial charge in [-0.05, 0) is 52.6 Å². The lowest BCUT2D eigenvalue weighted by molar-refractivity contribution is 1.07. The van der Waals surface area contributed by atoms with Gasteiger partial charge in [-0.25, -0.2) is 24.9 Å². The van der Waals surface area contributed by atoms with Crippen LogP contribution in [-0.2, 0) is 0 Å². The molecule has 0 amide bonds. The van der Waals surface area contributed by atoms with Crippen molar-refractivity contribution in [1.82, 2.24) is 29.9 Å². The Morgan fingerprint density at radius 3 is 1.33 bits per heavy atom. The zero-order chi connectivity index (χ0) is 34.7. The zero-order valence-electron chi connectivity index (χ0n) is 28.0. The number of fused-ring (bicyclic) bond motifs is 1. The zero-order valence-corrected chi connectivity index (χ0v) is 28.0. The van der Waals surface area contributed by atoms with Gasteiger partial charge in [-0.3, -0.25) is 4.98 Å². The highest BCUT2D eigenvalue weighted by Gasteiger charge is 2.16. The molecule has 244 valence electrons. The largest absolute Gasteiger partial charge is 0.265 e. The van der Waals surface area contributed by atoms with Crippen LogP contribution in [-0.4, -0.2) is 29.9 Å². The third-order valence-electron chi connectivity index (χ3n) is 9.04. The lowest BCUT2D eigenvalue weighted by atomic mass is 10.0. The molecule has 3 aromatic heterocycles. The van der Waals surface area contributed by atoms with Crippen LogP contribution < -0.4 is 0 Å². The van der Waals surface area contributed by atoms with Crippen molar-refractivity contribution in [2.45, 2.75) is 0 Å². The number of rotatable bonds is 7. The van der Waals surface area contributed by atoms with Crippen LogP contribution in [0, 0.1) is 0 Å². The van der Waals surface area contributed by atoms with E-state index in [0.717, 1.165) is 72.5 Å². The van der Waals surface area contributed by atoms with Crippen molar-refractivity contribution in [3.05, 3.63) is 182 Å². The van der Waals surface area contributed by atoms with Crippen molar-refractivity contribution < 1.29 is 0 Å². The maximum atomic E-state index is 5.18. The Kier molecular flexibility index (Phi) is 8.08. The van der Waals surface area contributed by atoms with Gasteiger partial charge < -0.3 is 0 Å². The molecule has 0 unspecified atom stereocenters. The summed E-state index contributed by atoms with van der Waals surface area (Å²) in [6.45, 7) is 0. The number of pyridine rings is 1. The molecule has 0 spiro atoms. The van der Waals surface area contributed by atoms with Crippen molar-refractivity contribution in [3.8, 4) is 78.9 Å². The molecule has 3 heterocycles. The van der Waals surface area contributed by atoms with Crippen LogP contribution in [0.1, 0.15) is 0 Å². The van der Waals surface area contributed by atoms with Crippen LogP contribution in [0.4, 0.5) is 0 Å². The fourth-order valence-corrected chi connectivity index (χ4v) is 6.37. The number of nitrogens with zero attached hydrogens (tertiary/aromatic N) is 6. The maximum Gasteiger partial charge on any atom is 0.164 e. The molecule has 0 bridgehead atoms. The van der Waals surface area contributed by atoms with Gasteiger partial charge in [0.05, 0.1) is 22.4 Å². The van der Waals surface area contributed by atoms with Crippen LogP contribution >= 0.6 is 0 Å². The molecule has 52 heavy (non-hydrogen) atoms. The smallest absolute Gasteiger partial charge is 0.164 e. The van der Waals surface area contributed by atoms with Crippen LogP contribution in [0.15, 0.2) is 182 Å². The van der Waals surface area contributed by atoms with Crippen molar-refractivity contribution in [3.63, 3.8) is 0 Å². The summed E-state index contributed by atoms with van der Waals surface area (Å²) in [5.41, 5.74) is 12.3. The first-order valence-electron chi connectivity index (χ1n) is 17.1. The summed E-state index contributed by atoms with van der Waals surface area (Å²) in [6.07, 6.45) is 3.57. The van der Waals surface area contributed by atoms with Crippen molar-refractivity contribution in [1.29, 1.82) is 0 Å². The van der Waals surface area contributed by atoms with E-state index >= 15 is 0 Å². The minimum absolute atomic E-state index is 0.603. The Labute approximate surface area is 301 Å². The maximum absolute atomic E-state index is 5.18. The average Bonchev–Trinajstić information content (AvgIpc) is 3.24. The average molecular weight is 667 g/mol. The molecule has 6 nitrogen and oxygen atoms in total. The van der Waals surface area contributed by atoms with Crippen LogP contribution in [0.25, 0.3) is 90.0 Å². The second kappa shape index (κ2) is 13.6. The van der Waals surface area contributed by atoms with E-state index in [1.807, 2.05) is 84.9 Å². The van der Waals surface area contributed by atoms with E-state index in [0.29, 0.717) is 17.5 Å². The van der Waals surface area contributed by atoms with E-state index in [4.69, 9.17) is 24.9 Å². The molecule has 0 aliphatic heterocycles. The SMILES string of the molecule is c1ccc(-c2ccc(-c3nc(-c4ccccc4)nc(-c4cccc(-c5ccc6nc(-c7ccccc7)c(-c7ccncc7)nc6c5)c4)n3)cc2)cc1. The summed E-state index contributed by atoms with van der Waals surface area (Å²) in [5, 5.41) is 0. The van der Waals surface area contributed by atoms with E-state index in [-0.39, 0.29) is 0 Å². The summed E-state index contributed by atoms with van der Waals surface area (Å²) in [5.74, 6) is 1.84. The first-order chi connectivity index (χ1) is 25.7. The summed E-state index contributed by atoms with van der Waals surface area (Å²) in [4.78, 5) is 29.5. The highest BCUT2D eigenvalue weighted by molar-refractivity contribution is 5.89. The van der Waals surface area contributed by atoms with Gasteiger partial charge in [0.2, 0.25) is 0 Å². The van der Waals surface area contributed by atoms with E-state index < -0.39 is 0 Å². The standard InChI is InChI=1S/C46H30N6/c1-4-11-31(12-5-1)32-19-21-36(22-20-32)45-50-44(35-15-8-3-9-16-35)51-46(52-45)39-18-10-17-37(29-39)38-23-24-40-41(30-38)49-43(34-25-27-47-28-26-34)42(48-40)33-13-6-2-7-14-33/h1-30H. The predicted molar refractivity (Wildman–Crippen MR) is 209 cm³/mol. The molecular weight excluding hydrogens is 637 g/mol. The number of aromatic nitrogens is 6. The van der Waals surface area contributed by atoms with Crippen molar-refractivity contribution >= 4 is 11.0 Å². The lowest BCUT2D eigenvalue weighted by Crippen LogP contribution is -2.00.